The molecule has 0 spiro atoms. The third kappa shape index (κ3) is 5.88. The molecule has 0 aromatic heterocycles. The van der Waals surface area contributed by atoms with E-state index in [1.54, 1.807) is 36.4 Å². The molecule has 0 saturated heterocycles. The first kappa shape index (κ1) is 22.9. The fraction of sp³-hybridized carbons (Fsp3) is 0.231. The van der Waals surface area contributed by atoms with Crippen LogP contribution in [0.1, 0.15) is 38.8 Å². The van der Waals surface area contributed by atoms with E-state index in [2.05, 4.69) is 36.2 Å². The number of likely N-dealkylation sites (N-methyl/N-ethyl adjacent to an activating group) is 1. The van der Waals surface area contributed by atoms with Crippen LogP contribution >= 0.6 is 0 Å². The van der Waals surface area contributed by atoms with Crippen LogP contribution in [-0.4, -0.2) is 31.4 Å². The molecule has 32 heavy (non-hydrogen) atoms. The number of nitrogens with two attached hydrogens (primary N) is 1. The number of nitrogens with zero attached hydrogens (tertiary/aromatic N) is 1. The molecule has 2 amide bonds. The van der Waals surface area contributed by atoms with E-state index in [9.17, 15) is 9.59 Å². The molecule has 166 valence electrons. The molecule has 6 nitrogen and oxygen atoms in total. The molecule has 0 unspecified atom stereocenters. The number of amides is 2. The topological polar surface area (TPSA) is 84.7 Å². The van der Waals surface area contributed by atoms with Crippen molar-refractivity contribution < 1.29 is 14.3 Å². The highest BCUT2D eigenvalue weighted by atomic mass is 16.5. The number of anilines is 1. The average Bonchev–Trinajstić information content (AvgIpc) is 2.81. The Balaban J connectivity index is 1.57. The molecule has 0 atom stereocenters. The lowest BCUT2D eigenvalue weighted by molar-refractivity contribution is 0.0953. The minimum Gasteiger partial charge on any atom is -0.488 e. The molecule has 0 fully saturated rings. The number of primary amides is 1. The first-order valence-electron chi connectivity index (χ1n) is 10.7. The van der Waals surface area contributed by atoms with E-state index in [1.807, 2.05) is 24.3 Å². The fourth-order valence-corrected chi connectivity index (χ4v) is 3.53. The Bertz CT molecular complexity index is 1080. The van der Waals surface area contributed by atoms with Crippen molar-refractivity contribution >= 4 is 17.5 Å². The molecule has 0 aliphatic heterocycles. The van der Waals surface area contributed by atoms with Crippen molar-refractivity contribution in [3.63, 3.8) is 0 Å². The highest BCUT2D eigenvalue weighted by Gasteiger charge is 2.11. The minimum absolute atomic E-state index is 0.134. The number of para-hydroxylation sites is 2. The van der Waals surface area contributed by atoms with Gasteiger partial charge in [-0.1, -0.05) is 42.5 Å². The highest BCUT2D eigenvalue weighted by molar-refractivity contribution is 5.95. The average molecular weight is 432 g/mol. The largest absolute Gasteiger partial charge is 0.488 e. The van der Waals surface area contributed by atoms with Crippen LogP contribution in [0.2, 0.25) is 0 Å². The number of nitrogens with one attached hydrogen (secondary N) is 1. The molecule has 3 aromatic rings. The summed E-state index contributed by atoms with van der Waals surface area (Å²) in [6.07, 6.45) is 0. The molecule has 0 aliphatic rings. The van der Waals surface area contributed by atoms with E-state index in [1.165, 1.54) is 11.3 Å². The zero-order chi connectivity index (χ0) is 22.9. The van der Waals surface area contributed by atoms with Crippen LogP contribution in [0.3, 0.4) is 0 Å². The summed E-state index contributed by atoms with van der Waals surface area (Å²) < 4.78 is 5.77. The van der Waals surface area contributed by atoms with Crippen molar-refractivity contribution in [2.45, 2.75) is 20.5 Å². The van der Waals surface area contributed by atoms with Gasteiger partial charge in [0.1, 0.15) is 12.4 Å². The molecule has 6 heteroatoms. The molecule has 0 radical (unpaired) electrons. The SMILES string of the molecule is CCN(CCNC(=O)c1cccc(COc2ccccc2C(N)=O)c1)c1ccccc1C. The maximum atomic E-state index is 12.7. The first-order valence-corrected chi connectivity index (χ1v) is 10.7. The number of aryl methyl sites for hydroxylation is 1. The molecular weight excluding hydrogens is 402 g/mol. The summed E-state index contributed by atoms with van der Waals surface area (Å²) in [5, 5.41) is 3.00. The third-order valence-electron chi connectivity index (χ3n) is 5.24. The van der Waals surface area contributed by atoms with Gasteiger partial charge in [0.15, 0.2) is 0 Å². The van der Waals surface area contributed by atoms with Gasteiger partial charge in [-0.3, -0.25) is 9.59 Å². The minimum atomic E-state index is -0.541. The van der Waals surface area contributed by atoms with Crippen LogP contribution in [0.25, 0.3) is 0 Å². The lowest BCUT2D eigenvalue weighted by Crippen LogP contribution is -2.35. The second kappa shape index (κ2) is 11.0. The maximum absolute atomic E-state index is 12.7. The van der Waals surface area contributed by atoms with Gasteiger partial charge in [-0.2, -0.15) is 0 Å². The van der Waals surface area contributed by atoms with Crippen molar-refractivity contribution in [3.8, 4) is 5.75 Å². The summed E-state index contributed by atoms with van der Waals surface area (Å²) in [6.45, 7) is 6.54. The predicted molar refractivity (Wildman–Crippen MR) is 127 cm³/mol. The second-order valence-electron chi connectivity index (χ2n) is 7.47. The van der Waals surface area contributed by atoms with Crippen LogP contribution < -0.4 is 20.7 Å². The first-order chi connectivity index (χ1) is 15.5. The molecule has 3 N–H and O–H groups in total. The van der Waals surface area contributed by atoms with Crippen LogP contribution in [0.4, 0.5) is 5.69 Å². The second-order valence-corrected chi connectivity index (χ2v) is 7.47. The van der Waals surface area contributed by atoms with Gasteiger partial charge in [0.2, 0.25) is 0 Å². The number of hydrogen-bond donors (Lipinski definition) is 2. The lowest BCUT2D eigenvalue weighted by Gasteiger charge is -2.25. The Labute approximate surface area is 189 Å². The molecule has 3 aromatic carbocycles. The van der Waals surface area contributed by atoms with Crippen molar-refractivity contribution in [2.75, 3.05) is 24.5 Å². The Hall–Kier alpha value is -3.80. The molecule has 0 bridgehead atoms. The van der Waals surface area contributed by atoms with Crippen LogP contribution in [0, 0.1) is 6.92 Å². The number of carbonyl (C=O) groups is 2. The predicted octanol–water partition coefficient (Wildman–Crippen LogP) is 3.93. The quantitative estimate of drug-likeness (QED) is 0.509. The van der Waals surface area contributed by atoms with Gasteiger partial charge in [-0.25, -0.2) is 0 Å². The van der Waals surface area contributed by atoms with Crippen LogP contribution in [0.15, 0.2) is 72.8 Å². The summed E-state index contributed by atoms with van der Waals surface area (Å²) >= 11 is 0. The van der Waals surface area contributed by atoms with E-state index >= 15 is 0 Å². The summed E-state index contributed by atoms with van der Waals surface area (Å²) in [5.74, 6) is -0.253. The summed E-state index contributed by atoms with van der Waals surface area (Å²) in [6, 6.07) is 22.3. The summed E-state index contributed by atoms with van der Waals surface area (Å²) in [4.78, 5) is 26.4. The van der Waals surface area contributed by atoms with Crippen LogP contribution in [-0.2, 0) is 6.61 Å². The molecule has 0 saturated carbocycles. The van der Waals surface area contributed by atoms with E-state index < -0.39 is 5.91 Å². The summed E-state index contributed by atoms with van der Waals surface area (Å²) in [7, 11) is 0. The molecule has 0 aliphatic carbocycles. The number of carbonyl (C=O) groups excluding carboxylic acids is 2. The van der Waals surface area contributed by atoms with Gasteiger partial charge >= 0.3 is 0 Å². The zero-order valence-electron chi connectivity index (χ0n) is 18.5. The van der Waals surface area contributed by atoms with Gasteiger partial charge < -0.3 is 20.7 Å². The third-order valence-corrected chi connectivity index (χ3v) is 5.24. The molecule has 0 heterocycles. The Morgan fingerprint density at radius 3 is 2.50 bits per heavy atom. The standard InChI is InChI=1S/C26H29N3O3/c1-3-29(23-13-6-4-9-19(23)2)16-15-28-26(31)21-11-8-10-20(17-21)18-32-24-14-7-5-12-22(24)25(27)30/h4-14,17H,3,15-16,18H2,1-2H3,(H2,27,30)(H,28,31). The van der Waals surface area contributed by atoms with Crippen LogP contribution in [0.5, 0.6) is 5.75 Å². The zero-order valence-corrected chi connectivity index (χ0v) is 18.5. The number of ether oxygens (including phenoxy) is 1. The van der Waals surface area contributed by atoms with E-state index in [0.29, 0.717) is 23.4 Å². The highest BCUT2D eigenvalue weighted by Crippen LogP contribution is 2.20. The number of rotatable bonds is 10. The number of benzene rings is 3. The summed E-state index contributed by atoms with van der Waals surface area (Å²) in [5.41, 5.74) is 9.51. The van der Waals surface area contributed by atoms with Gasteiger partial charge in [0.05, 0.1) is 5.56 Å². The van der Waals surface area contributed by atoms with Gasteiger partial charge in [0.25, 0.3) is 11.8 Å². The van der Waals surface area contributed by atoms with E-state index in [0.717, 1.165) is 18.7 Å². The molecule has 3 rings (SSSR count). The Morgan fingerprint density at radius 2 is 1.75 bits per heavy atom. The van der Waals surface area contributed by atoms with Gasteiger partial charge in [0, 0.05) is 30.9 Å². The molecular formula is C26H29N3O3. The van der Waals surface area contributed by atoms with Crippen molar-refractivity contribution in [1.82, 2.24) is 5.32 Å². The smallest absolute Gasteiger partial charge is 0.252 e. The van der Waals surface area contributed by atoms with E-state index in [4.69, 9.17) is 10.5 Å². The number of hydrogen-bond acceptors (Lipinski definition) is 4. The monoisotopic (exact) mass is 431 g/mol. The lowest BCUT2D eigenvalue weighted by atomic mass is 10.1. The Morgan fingerprint density at radius 1 is 1.00 bits per heavy atom. The van der Waals surface area contributed by atoms with Crippen molar-refractivity contribution in [2.24, 2.45) is 5.73 Å². The Kier molecular flexibility index (Phi) is 7.86. The van der Waals surface area contributed by atoms with Gasteiger partial charge in [-0.05, 0) is 55.3 Å². The van der Waals surface area contributed by atoms with Gasteiger partial charge in [-0.15, -0.1) is 0 Å². The normalized spacial score (nSPS) is 10.4. The van der Waals surface area contributed by atoms with E-state index in [-0.39, 0.29) is 12.5 Å². The maximum Gasteiger partial charge on any atom is 0.252 e. The fourth-order valence-electron chi connectivity index (χ4n) is 3.53. The van der Waals surface area contributed by atoms with Crippen molar-refractivity contribution in [1.29, 1.82) is 0 Å². The van der Waals surface area contributed by atoms with Crippen molar-refractivity contribution in [3.05, 3.63) is 95.1 Å².